The number of rotatable bonds is 9. The van der Waals surface area contributed by atoms with E-state index in [0.717, 1.165) is 5.19 Å². The number of esters is 1. The summed E-state index contributed by atoms with van der Waals surface area (Å²) in [5.74, 6) is 0.327. The maximum atomic E-state index is 12.0. The molecule has 0 saturated heterocycles. The lowest BCUT2D eigenvalue weighted by atomic mass is 10.1. The van der Waals surface area contributed by atoms with Gasteiger partial charge in [0.05, 0.1) is 24.9 Å². The van der Waals surface area contributed by atoms with Crippen molar-refractivity contribution in [1.29, 1.82) is 0 Å². The fraction of sp³-hybridized carbons (Fsp3) is 0.316. The zero-order chi connectivity index (χ0) is 18.1. The third-order valence-corrected chi connectivity index (χ3v) is 4.20. The van der Waals surface area contributed by atoms with Gasteiger partial charge >= 0.3 is 15.7 Å². The van der Waals surface area contributed by atoms with E-state index in [9.17, 15) is 4.79 Å². The number of ether oxygens (including phenoxy) is 2. The van der Waals surface area contributed by atoms with Crippen molar-refractivity contribution in [3.8, 4) is 5.75 Å². The van der Waals surface area contributed by atoms with Gasteiger partial charge in [-0.3, -0.25) is 4.58 Å². The van der Waals surface area contributed by atoms with Crippen molar-refractivity contribution in [2.45, 2.75) is 25.9 Å². The van der Waals surface area contributed by atoms with Crippen molar-refractivity contribution in [2.24, 2.45) is 0 Å². The number of hydrogen-bond acceptors (Lipinski definition) is 5. The second-order valence-corrected chi connectivity index (χ2v) is 6.96. The van der Waals surface area contributed by atoms with E-state index in [1.165, 1.54) is 0 Å². The van der Waals surface area contributed by atoms with E-state index in [0.29, 0.717) is 17.7 Å². The summed E-state index contributed by atoms with van der Waals surface area (Å²) in [4.78, 5) is 17.5. The van der Waals surface area contributed by atoms with Gasteiger partial charge < -0.3 is 9.47 Å². The molecule has 0 unspecified atom stereocenters. The van der Waals surface area contributed by atoms with E-state index < -0.39 is 5.60 Å². The van der Waals surface area contributed by atoms with Gasteiger partial charge in [-0.25, -0.2) is 9.68 Å². The van der Waals surface area contributed by atoms with Crippen molar-refractivity contribution >= 4 is 20.9 Å². The molecule has 0 heterocycles. The molecule has 0 N–H and O–H groups in total. The van der Waals surface area contributed by atoms with Crippen molar-refractivity contribution in [3.63, 3.8) is 0 Å². The summed E-state index contributed by atoms with van der Waals surface area (Å²) >= 11 is 0. The highest BCUT2D eigenvalue weighted by molar-refractivity contribution is 6.46. The average molecular weight is 358 g/mol. The van der Waals surface area contributed by atoms with Crippen LogP contribution in [-0.4, -0.2) is 35.1 Å². The Kier molecular flexibility index (Phi) is 7.18. The maximum Gasteiger partial charge on any atom is 0.338 e. The van der Waals surface area contributed by atoms with Gasteiger partial charge in [0, 0.05) is 6.42 Å². The van der Waals surface area contributed by atoms with Gasteiger partial charge in [-0.2, -0.15) is 0 Å². The van der Waals surface area contributed by atoms with Crippen LogP contribution >= 0.6 is 0 Å². The third-order valence-electron chi connectivity index (χ3n) is 3.46. The summed E-state index contributed by atoms with van der Waals surface area (Å²) < 4.78 is 15.7. The Bertz CT molecular complexity index is 655. The Morgan fingerprint density at radius 2 is 1.72 bits per heavy atom. The molecule has 2 aromatic carbocycles. The van der Waals surface area contributed by atoms with E-state index in [1.807, 2.05) is 44.2 Å². The van der Waals surface area contributed by atoms with Crippen LogP contribution in [0.25, 0.3) is 0 Å². The monoisotopic (exact) mass is 358 g/mol. The van der Waals surface area contributed by atoms with E-state index in [1.54, 1.807) is 31.4 Å². The Hall–Kier alpha value is -2.15. The smallest absolute Gasteiger partial charge is 0.338 e. The summed E-state index contributed by atoms with van der Waals surface area (Å²) in [6.07, 6.45) is 0.522. The normalized spacial score (nSPS) is 11.2. The molecule has 2 aromatic rings. The molecule has 6 heteroatoms. The predicted molar refractivity (Wildman–Crippen MR) is 96.0 cm³/mol. The topological polar surface area (TPSA) is 54.0 Å². The summed E-state index contributed by atoms with van der Waals surface area (Å²) in [6.45, 7) is 4.03. The van der Waals surface area contributed by atoms with Crippen LogP contribution in [0.5, 0.6) is 5.75 Å². The SMILES string of the molecule is COc1ccc(C(=O)OCCC(C)(C)OO[Si]c2ccccc2)cc1. The number of benzene rings is 2. The van der Waals surface area contributed by atoms with E-state index in [4.69, 9.17) is 18.9 Å². The van der Waals surface area contributed by atoms with Crippen LogP contribution in [0.15, 0.2) is 54.6 Å². The largest absolute Gasteiger partial charge is 0.497 e. The first-order valence-electron chi connectivity index (χ1n) is 7.97. The number of hydrogen-bond donors (Lipinski definition) is 0. The average Bonchev–Trinajstić information content (AvgIpc) is 2.62. The maximum absolute atomic E-state index is 12.0. The van der Waals surface area contributed by atoms with Gasteiger partial charge in [0.2, 0.25) is 0 Å². The molecule has 0 saturated carbocycles. The number of carbonyl (C=O) groups excluding carboxylic acids is 1. The molecule has 0 aromatic heterocycles. The first-order valence-corrected chi connectivity index (χ1v) is 8.88. The van der Waals surface area contributed by atoms with Crippen LogP contribution in [0.1, 0.15) is 30.6 Å². The van der Waals surface area contributed by atoms with Crippen LogP contribution in [-0.2, 0) is 14.2 Å². The molecule has 0 bridgehead atoms. The second-order valence-electron chi connectivity index (χ2n) is 6.01. The molecule has 5 nitrogen and oxygen atoms in total. The summed E-state index contributed by atoms with van der Waals surface area (Å²) in [5.41, 5.74) is -0.0663. The number of carbonyl (C=O) groups is 1. The minimum absolute atomic E-state index is 0.113. The fourth-order valence-corrected chi connectivity index (χ4v) is 2.62. The van der Waals surface area contributed by atoms with Crippen LogP contribution in [0.3, 0.4) is 0 Å². The van der Waals surface area contributed by atoms with Gasteiger partial charge in [0.15, 0.2) is 0 Å². The molecule has 0 fully saturated rings. The molecule has 0 spiro atoms. The Morgan fingerprint density at radius 3 is 2.36 bits per heavy atom. The van der Waals surface area contributed by atoms with Crippen LogP contribution in [0.4, 0.5) is 0 Å². The van der Waals surface area contributed by atoms with Crippen LogP contribution < -0.4 is 9.92 Å². The molecule has 132 valence electrons. The van der Waals surface area contributed by atoms with Crippen molar-refractivity contribution < 1.29 is 23.7 Å². The summed E-state index contributed by atoms with van der Waals surface area (Å²) in [6, 6.07) is 16.6. The van der Waals surface area contributed by atoms with E-state index in [-0.39, 0.29) is 22.3 Å². The van der Waals surface area contributed by atoms with E-state index >= 15 is 0 Å². The first kappa shape index (κ1) is 19.2. The molecular formula is C19H22O5Si. The highest BCUT2D eigenvalue weighted by Crippen LogP contribution is 2.16. The molecule has 0 aliphatic heterocycles. The van der Waals surface area contributed by atoms with Crippen molar-refractivity contribution in [1.82, 2.24) is 0 Å². The third kappa shape index (κ3) is 6.70. The van der Waals surface area contributed by atoms with Gasteiger partial charge in [0.1, 0.15) is 5.75 Å². The molecular weight excluding hydrogens is 336 g/mol. The lowest BCUT2D eigenvalue weighted by Gasteiger charge is -2.23. The Morgan fingerprint density at radius 1 is 1.04 bits per heavy atom. The van der Waals surface area contributed by atoms with Gasteiger partial charge in [-0.05, 0) is 43.3 Å². The zero-order valence-electron chi connectivity index (χ0n) is 14.7. The molecule has 0 aliphatic rings. The minimum atomic E-state index is -0.554. The highest BCUT2D eigenvalue weighted by Gasteiger charge is 2.21. The van der Waals surface area contributed by atoms with Crippen molar-refractivity contribution in [2.75, 3.05) is 13.7 Å². The molecule has 0 aliphatic carbocycles. The molecule has 2 rings (SSSR count). The Labute approximate surface area is 150 Å². The molecule has 25 heavy (non-hydrogen) atoms. The molecule has 0 atom stereocenters. The molecule has 0 amide bonds. The fourth-order valence-electron chi connectivity index (χ4n) is 1.93. The van der Waals surface area contributed by atoms with Crippen LogP contribution in [0.2, 0.25) is 0 Å². The predicted octanol–water partition coefficient (Wildman–Crippen LogP) is 2.91. The molecule has 2 radical (unpaired) electrons. The first-order chi connectivity index (χ1) is 12.0. The standard InChI is InChI=1S/C19H22O5Si/c1-19(2,23-24-25-17-7-5-4-6-8-17)13-14-22-18(20)15-9-11-16(21-3)12-10-15/h4-12H,13-14H2,1-3H3. The lowest BCUT2D eigenvalue weighted by molar-refractivity contribution is -0.285. The minimum Gasteiger partial charge on any atom is -0.497 e. The highest BCUT2D eigenvalue weighted by atomic mass is 28.2. The zero-order valence-corrected chi connectivity index (χ0v) is 15.7. The lowest BCUT2D eigenvalue weighted by Crippen LogP contribution is -2.30. The summed E-state index contributed by atoms with van der Waals surface area (Å²) in [5, 5.41) is 1.06. The Balaban J connectivity index is 1.70. The van der Waals surface area contributed by atoms with Gasteiger partial charge in [-0.15, -0.1) is 0 Å². The van der Waals surface area contributed by atoms with E-state index in [2.05, 4.69) is 0 Å². The second kappa shape index (κ2) is 9.36. The number of methoxy groups -OCH3 is 1. The van der Waals surface area contributed by atoms with Crippen molar-refractivity contribution in [3.05, 3.63) is 60.2 Å². The van der Waals surface area contributed by atoms with Crippen LogP contribution in [0, 0.1) is 0 Å². The summed E-state index contributed by atoms with van der Waals surface area (Å²) in [7, 11) is 1.69. The quantitative estimate of drug-likeness (QED) is 0.299. The van der Waals surface area contributed by atoms with Gasteiger partial charge in [0.25, 0.3) is 0 Å². The van der Waals surface area contributed by atoms with Gasteiger partial charge in [-0.1, -0.05) is 30.3 Å².